The van der Waals surface area contributed by atoms with Crippen LogP contribution in [0.1, 0.15) is 42.9 Å². The van der Waals surface area contributed by atoms with E-state index in [4.69, 9.17) is 4.52 Å². The maximum absolute atomic E-state index is 13.0. The number of hydrogen-bond donors (Lipinski definition) is 0. The van der Waals surface area contributed by atoms with Crippen LogP contribution < -0.4 is 0 Å². The number of nitrogens with zero attached hydrogens (tertiary/aromatic N) is 5. The molecule has 0 bridgehead atoms. The van der Waals surface area contributed by atoms with Gasteiger partial charge in [0.05, 0.1) is 11.4 Å². The zero-order valence-corrected chi connectivity index (χ0v) is 14.6. The van der Waals surface area contributed by atoms with Gasteiger partial charge in [0, 0.05) is 12.6 Å². The smallest absolute Gasteiger partial charge is 0.248 e. The molecular weight excluding hydrogens is 318 g/mol. The molecule has 2 aromatic rings. The molecule has 0 aliphatic heterocycles. The molecule has 0 amide bonds. The first kappa shape index (κ1) is 16.1. The Labute approximate surface area is 135 Å². The largest absolute Gasteiger partial charge is 0.337 e. The van der Waals surface area contributed by atoms with Gasteiger partial charge in [-0.1, -0.05) is 12.1 Å². The van der Waals surface area contributed by atoms with E-state index in [0.29, 0.717) is 34.5 Å². The standard InChI is InChI=1S/C14H21N5O3S/c1-5-19(12-6-7-12)23(20,21)14-9(2)16-18(10(14)3)8-13-15-11(4)17-22-13/h12H,5-8H2,1-4H3. The summed E-state index contributed by atoms with van der Waals surface area (Å²) in [6.07, 6.45) is 1.86. The van der Waals surface area contributed by atoms with Gasteiger partial charge in [0.25, 0.3) is 0 Å². The molecule has 0 atom stereocenters. The molecule has 3 rings (SSSR count). The van der Waals surface area contributed by atoms with Crippen LogP contribution in [0.3, 0.4) is 0 Å². The topological polar surface area (TPSA) is 94.1 Å². The highest BCUT2D eigenvalue weighted by atomic mass is 32.2. The Morgan fingerprint density at radius 1 is 1.30 bits per heavy atom. The molecule has 0 unspecified atom stereocenters. The van der Waals surface area contributed by atoms with Gasteiger partial charge in [0.1, 0.15) is 11.4 Å². The highest BCUT2D eigenvalue weighted by Crippen LogP contribution is 2.33. The van der Waals surface area contributed by atoms with Gasteiger partial charge >= 0.3 is 0 Å². The number of aryl methyl sites for hydroxylation is 2. The van der Waals surface area contributed by atoms with Crippen LogP contribution in [0.5, 0.6) is 0 Å². The Morgan fingerprint density at radius 3 is 2.52 bits per heavy atom. The second kappa shape index (κ2) is 5.72. The van der Waals surface area contributed by atoms with E-state index in [1.165, 1.54) is 0 Å². The van der Waals surface area contributed by atoms with Crippen LogP contribution in [0, 0.1) is 20.8 Å². The van der Waals surface area contributed by atoms with Crippen LogP contribution in [0.15, 0.2) is 9.42 Å². The van der Waals surface area contributed by atoms with Crippen molar-refractivity contribution in [3.8, 4) is 0 Å². The Hall–Kier alpha value is -1.74. The van der Waals surface area contributed by atoms with Crippen molar-refractivity contribution in [2.45, 2.75) is 58.0 Å². The van der Waals surface area contributed by atoms with E-state index in [-0.39, 0.29) is 12.6 Å². The van der Waals surface area contributed by atoms with Gasteiger partial charge in [-0.05, 0) is 33.6 Å². The molecule has 1 aliphatic rings. The summed E-state index contributed by atoms with van der Waals surface area (Å²) in [4.78, 5) is 4.43. The Morgan fingerprint density at radius 2 is 2.00 bits per heavy atom. The highest BCUT2D eigenvalue weighted by Gasteiger charge is 2.39. The predicted molar refractivity (Wildman–Crippen MR) is 82.4 cm³/mol. The van der Waals surface area contributed by atoms with E-state index in [0.717, 1.165) is 12.8 Å². The zero-order chi connectivity index (χ0) is 16.8. The molecule has 2 aromatic heterocycles. The van der Waals surface area contributed by atoms with Crippen molar-refractivity contribution in [1.82, 2.24) is 24.2 Å². The maximum atomic E-state index is 13.0. The first-order chi connectivity index (χ1) is 10.8. The summed E-state index contributed by atoms with van der Waals surface area (Å²) in [6.45, 7) is 7.82. The molecule has 0 radical (unpaired) electrons. The summed E-state index contributed by atoms with van der Waals surface area (Å²) in [5, 5.41) is 8.10. The predicted octanol–water partition coefficient (Wildman–Crippen LogP) is 1.41. The van der Waals surface area contributed by atoms with Gasteiger partial charge in [-0.25, -0.2) is 8.42 Å². The number of sulfonamides is 1. The van der Waals surface area contributed by atoms with E-state index >= 15 is 0 Å². The molecule has 8 nitrogen and oxygen atoms in total. The van der Waals surface area contributed by atoms with Crippen molar-refractivity contribution in [2.75, 3.05) is 6.54 Å². The van der Waals surface area contributed by atoms with Crippen LogP contribution in [-0.2, 0) is 16.6 Å². The van der Waals surface area contributed by atoms with Gasteiger partial charge in [-0.15, -0.1) is 0 Å². The van der Waals surface area contributed by atoms with E-state index in [1.54, 1.807) is 29.8 Å². The minimum Gasteiger partial charge on any atom is -0.337 e. The van der Waals surface area contributed by atoms with Gasteiger partial charge in [0.2, 0.25) is 15.9 Å². The molecule has 2 heterocycles. The van der Waals surface area contributed by atoms with Crippen LogP contribution in [0.4, 0.5) is 0 Å². The third kappa shape index (κ3) is 2.90. The average molecular weight is 339 g/mol. The fraction of sp³-hybridized carbons (Fsp3) is 0.643. The van der Waals surface area contributed by atoms with Gasteiger partial charge in [-0.2, -0.15) is 14.4 Å². The Bertz CT molecular complexity index is 820. The molecule has 0 aromatic carbocycles. The molecule has 126 valence electrons. The Balaban J connectivity index is 1.97. The third-order valence-corrected chi connectivity index (χ3v) is 6.28. The number of hydrogen-bond acceptors (Lipinski definition) is 6. The fourth-order valence-corrected chi connectivity index (χ4v) is 4.91. The lowest BCUT2D eigenvalue weighted by Gasteiger charge is -2.20. The van der Waals surface area contributed by atoms with Gasteiger partial charge in [-0.3, -0.25) is 4.68 Å². The van der Waals surface area contributed by atoms with Gasteiger partial charge < -0.3 is 4.52 Å². The normalized spacial score (nSPS) is 15.5. The first-order valence-electron chi connectivity index (χ1n) is 7.69. The second-order valence-electron chi connectivity index (χ2n) is 5.83. The molecule has 23 heavy (non-hydrogen) atoms. The lowest BCUT2D eigenvalue weighted by atomic mass is 10.4. The molecule has 1 fully saturated rings. The quantitative estimate of drug-likeness (QED) is 0.790. The monoisotopic (exact) mass is 339 g/mol. The minimum absolute atomic E-state index is 0.130. The number of aromatic nitrogens is 4. The minimum atomic E-state index is -3.53. The van der Waals surface area contributed by atoms with Crippen molar-refractivity contribution < 1.29 is 12.9 Å². The molecule has 0 saturated heterocycles. The molecule has 0 N–H and O–H groups in total. The first-order valence-corrected chi connectivity index (χ1v) is 9.13. The molecule has 9 heteroatoms. The maximum Gasteiger partial charge on any atom is 0.248 e. The SMILES string of the molecule is CCN(C1CC1)S(=O)(=O)c1c(C)nn(Cc2nc(C)no2)c1C. The molecular formula is C14H21N5O3S. The van der Waals surface area contributed by atoms with E-state index in [1.807, 2.05) is 6.92 Å². The molecule has 0 spiro atoms. The lowest BCUT2D eigenvalue weighted by molar-refractivity contribution is 0.361. The summed E-state index contributed by atoms with van der Waals surface area (Å²) in [6, 6.07) is 0.130. The summed E-state index contributed by atoms with van der Waals surface area (Å²) in [7, 11) is -3.53. The van der Waals surface area contributed by atoms with Crippen molar-refractivity contribution in [3.63, 3.8) is 0 Å². The molecule has 1 aliphatic carbocycles. The van der Waals surface area contributed by atoms with Crippen LogP contribution in [-0.4, -0.2) is 45.2 Å². The summed E-state index contributed by atoms with van der Waals surface area (Å²) >= 11 is 0. The third-order valence-electron chi connectivity index (χ3n) is 4.00. The summed E-state index contributed by atoms with van der Waals surface area (Å²) < 4.78 is 34.2. The number of rotatable bonds is 6. The zero-order valence-electron chi connectivity index (χ0n) is 13.8. The van der Waals surface area contributed by atoms with Crippen LogP contribution >= 0.6 is 0 Å². The summed E-state index contributed by atoms with van der Waals surface area (Å²) in [5.74, 6) is 0.951. The van der Waals surface area contributed by atoms with E-state index in [9.17, 15) is 8.42 Å². The van der Waals surface area contributed by atoms with Crippen LogP contribution in [0.25, 0.3) is 0 Å². The van der Waals surface area contributed by atoms with Crippen molar-refractivity contribution in [2.24, 2.45) is 0 Å². The second-order valence-corrected chi connectivity index (χ2v) is 7.66. The highest BCUT2D eigenvalue weighted by molar-refractivity contribution is 7.89. The van der Waals surface area contributed by atoms with Crippen LogP contribution in [0.2, 0.25) is 0 Å². The average Bonchev–Trinajstić information content (AvgIpc) is 3.13. The molecule has 1 saturated carbocycles. The summed E-state index contributed by atoms with van der Waals surface area (Å²) in [5.41, 5.74) is 1.09. The Kier molecular flexibility index (Phi) is 4.01. The van der Waals surface area contributed by atoms with Crippen molar-refractivity contribution >= 4 is 10.0 Å². The van der Waals surface area contributed by atoms with E-state index in [2.05, 4.69) is 15.2 Å². The lowest BCUT2D eigenvalue weighted by Crippen LogP contribution is -2.33. The van der Waals surface area contributed by atoms with Crippen molar-refractivity contribution in [3.05, 3.63) is 23.1 Å². The van der Waals surface area contributed by atoms with E-state index < -0.39 is 10.0 Å². The fourth-order valence-electron chi connectivity index (χ4n) is 2.84. The van der Waals surface area contributed by atoms with Crippen molar-refractivity contribution in [1.29, 1.82) is 0 Å². The van der Waals surface area contributed by atoms with Gasteiger partial charge in [0.15, 0.2) is 5.82 Å².